The van der Waals surface area contributed by atoms with E-state index in [-0.39, 0.29) is 11.7 Å². The highest BCUT2D eigenvalue weighted by atomic mass is 16.5. The van der Waals surface area contributed by atoms with E-state index in [4.69, 9.17) is 4.74 Å². The average molecular weight is 355 g/mol. The van der Waals surface area contributed by atoms with Crippen molar-refractivity contribution in [3.05, 3.63) is 101 Å². The van der Waals surface area contributed by atoms with Gasteiger partial charge >= 0.3 is 0 Å². The number of Topliss-reactive ketones (excluding diaryl/α,β-unsaturated/α-hetero) is 1. The Bertz CT molecular complexity index is 978. The van der Waals surface area contributed by atoms with Crippen molar-refractivity contribution >= 4 is 11.9 Å². The largest absolute Gasteiger partial charge is 0.487 e. The average Bonchev–Trinajstić information content (AvgIpc) is 2.71. The second-order valence-electron chi connectivity index (χ2n) is 6.88. The van der Waals surface area contributed by atoms with Gasteiger partial charge in [-0.1, -0.05) is 67.6 Å². The summed E-state index contributed by atoms with van der Waals surface area (Å²) in [4.78, 5) is 17.6. The summed E-state index contributed by atoms with van der Waals surface area (Å²) in [5, 5.41) is 0. The normalized spacial score (nSPS) is 17.6. The van der Waals surface area contributed by atoms with Gasteiger partial charge in [0.15, 0.2) is 5.78 Å². The number of carbonyl (C=O) groups excluding carboxylic acids is 1. The van der Waals surface area contributed by atoms with E-state index < -0.39 is 0 Å². The number of rotatable bonds is 4. The van der Waals surface area contributed by atoms with Gasteiger partial charge in [-0.2, -0.15) is 0 Å². The Balaban J connectivity index is 1.59. The highest BCUT2D eigenvalue weighted by molar-refractivity contribution is 6.13. The number of ketones is 1. The zero-order valence-electron chi connectivity index (χ0n) is 15.3. The molecule has 0 saturated carbocycles. The number of nitrogens with zero attached hydrogens (tertiary/aromatic N) is 1. The van der Waals surface area contributed by atoms with Crippen molar-refractivity contribution in [1.29, 1.82) is 0 Å². The molecule has 0 N–H and O–H groups in total. The SMILES string of the molecule is CC1Cc2ncc(OCc3ccccc3)cc2C(=O)C1=Cc1ccccc1. The number of pyridine rings is 1. The number of hydrogen-bond acceptors (Lipinski definition) is 3. The molecule has 1 unspecified atom stereocenters. The maximum atomic E-state index is 13.1. The van der Waals surface area contributed by atoms with Crippen molar-refractivity contribution in [2.75, 3.05) is 0 Å². The molecule has 0 bridgehead atoms. The van der Waals surface area contributed by atoms with Gasteiger partial charge in [0.1, 0.15) is 12.4 Å². The lowest BCUT2D eigenvalue weighted by atomic mass is 9.81. The van der Waals surface area contributed by atoms with Gasteiger partial charge in [-0.3, -0.25) is 9.78 Å². The molecule has 3 aromatic rings. The molecule has 0 fully saturated rings. The maximum Gasteiger partial charge on any atom is 0.191 e. The van der Waals surface area contributed by atoms with E-state index >= 15 is 0 Å². The molecule has 1 heterocycles. The Morgan fingerprint density at radius 1 is 1.07 bits per heavy atom. The first-order chi connectivity index (χ1) is 13.2. The van der Waals surface area contributed by atoms with Crippen LogP contribution in [0.15, 0.2) is 78.5 Å². The third-order valence-electron chi connectivity index (χ3n) is 4.85. The van der Waals surface area contributed by atoms with Crippen LogP contribution in [-0.4, -0.2) is 10.8 Å². The number of allylic oxidation sites excluding steroid dienone is 1. The monoisotopic (exact) mass is 355 g/mol. The minimum atomic E-state index is 0.0465. The van der Waals surface area contributed by atoms with E-state index in [9.17, 15) is 4.79 Å². The molecule has 3 nitrogen and oxygen atoms in total. The second-order valence-corrected chi connectivity index (χ2v) is 6.88. The second kappa shape index (κ2) is 7.58. The molecule has 3 heteroatoms. The summed E-state index contributed by atoms with van der Waals surface area (Å²) in [6.45, 7) is 2.54. The number of benzene rings is 2. The number of aromatic nitrogens is 1. The van der Waals surface area contributed by atoms with Crippen molar-refractivity contribution in [1.82, 2.24) is 4.98 Å². The van der Waals surface area contributed by atoms with Gasteiger partial charge in [-0.05, 0) is 35.6 Å². The molecule has 1 atom stereocenters. The number of hydrogen-bond donors (Lipinski definition) is 0. The van der Waals surface area contributed by atoms with Crippen LogP contribution in [0.1, 0.15) is 34.1 Å². The van der Waals surface area contributed by atoms with Crippen LogP contribution < -0.4 is 4.74 Å². The van der Waals surface area contributed by atoms with Crippen molar-refractivity contribution in [3.63, 3.8) is 0 Å². The van der Waals surface area contributed by atoms with E-state index in [2.05, 4.69) is 11.9 Å². The van der Waals surface area contributed by atoms with Crippen LogP contribution in [0, 0.1) is 5.92 Å². The molecule has 0 amide bonds. The molecular formula is C24H21NO2. The molecule has 1 aromatic heterocycles. The van der Waals surface area contributed by atoms with Crippen LogP contribution in [-0.2, 0) is 13.0 Å². The molecule has 2 aromatic carbocycles. The van der Waals surface area contributed by atoms with Crippen LogP contribution in [0.25, 0.3) is 6.08 Å². The molecule has 1 aliphatic rings. The lowest BCUT2D eigenvalue weighted by Gasteiger charge is -2.23. The zero-order valence-corrected chi connectivity index (χ0v) is 15.3. The number of ether oxygens (including phenoxy) is 1. The number of carbonyl (C=O) groups is 1. The topological polar surface area (TPSA) is 39.2 Å². The molecule has 1 aliphatic carbocycles. The van der Waals surface area contributed by atoms with E-state index in [1.54, 1.807) is 6.20 Å². The van der Waals surface area contributed by atoms with Gasteiger partial charge in [-0.15, -0.1) is 0 Å². The fraction of sp³-hybridized carbons (Fsp3) is 0.167. The summed E-state index contributed by atoms with van der Waals surface area (Å²) in [5.41, 5.74) is 4.46. The van der Waals surface area contributed by atoms with Crippen molar-refractivity contribution < 1.29 is 9.53 Å². The van der Waals surface area contributed by atoms with Gasteiger partial charge in [0.05, 0.1) is 11.9 Å². The van der Waals surface area contributed by atoms with Crippen molar-refractivity contribution in [3.8, 4) is 5.75 Å². The summed E-state index contributed by atoms with van der Waals surface area (Å²) in [6.07, 6.45) is 4.47. The van der Waals surface area contributed by atoms with Gasteiger partial charge in [0.25, 0.3) is 0 Å². The van der Waals surface area contributed by atoms with Crippen LogP contribution >= 0.6 is 0 Å². The lowest BCUT2D eigenvalue weighted by Crippen LogP contribution is -2.22. The lowest BCUT2D eigenvalue weighted by molar-refractivity contribution is 0.101. The first kappa shape index (κ1) is 17.2. The molecule has 0 aliphatic heterocycles. The Kier molecular flexibility index (Phi) is 4.84. The quantitative estimate of drug-likeness (QED) is 0.610. The molecule has 0 saturated heterocycles. The van der Waals surface area contributed by atoms with Gasteiger partial charge in [0.2, 0.25) is 0 Å². The predicted octanol–water partition coefficient (Wildman–Crippen LogP) is 5.12. The van der Waals surface area contributed by atoms with E-state index in [0.717, 1.165) is 28.8 Å². The summed E-state index contributed by atoms with van der Waals surface area (Å²) in [7, 11) is 0. The predicted molar refractivity (Wildman–Crippen MR) is 107 cm³/mol. The smallest absolute Gasteiger partial charge is 0.191 e. The molecule has 4 rings (SSSR count). The minimum absolute atomic E-state index is 0.0465. The summed E-state index contributed by atoms with van der Waals surface area (Å²) in [5.74, 6) is 0.818. The first-order valence-electron chi connectivity index (χ1n) is 9.17. The van der Waals surface area contributed by atoms with Crippen LogP contribution in [0.5, 0.6) is 5.75 Å². The van der Waals surface area contributed by atoms with Gasteiger partial charge in [-0.25, -0.2) is 0 Å². The van der Waals surface area contributed by atoms with Crippen LogP contribution in [0.4, 0.5) is 0 Å². The summed E-state index contributed by atoms with van der Waals surface area (Å²) >= 11 is 0. The van der Waals surface area contributed by atoms with Gasteiger partial charge < -0.3 is 4.74 Å². The Morgan fingerprint density at radius 2 is 1.78 bits per heavy atom. The maximum absolute atomic E-state index is 13.1. The van der Waals surface area contributed by atoms with Crippen LogP contribution in [0.3, 0.4) is 0 Å². The standard InChI is InChI=1S/C24H21NO2/c1-17-12-23-22(24(26)21(17)13-18-8-4-2-5-9-18)14-20(15-25-23)27-16-19-10-6-3-7-11-19/h2-11,13-15,17H,12,16H2,1H3. The van der Waals surface area contributed by atoms with Gasteiger partial charge in [0, 0.05) is 11.1 Å². The first-order valence-corrected chi connectivity index (χ1v) is 9.17. The third-order valence-corrected chi connectivity index (χ3v) is 4.85. The summed E-state index contributed by atoms with van der Waals surface area (Å²) < 4.78 is 5.85. The Hall–Kier alpha value is -3.20. The Labute approximate surface area is 159 Å². The summed E-state index contributed by atoms with van der Waals surface area (Å²) in [6, 6.07) is 21.8. The third kappa shape index (κ3) is 3.82. The molecule has 0 spiro atoms. The van der Waals surface area contributed by atoms with Crippen LogP contribution in [0.2, 0.25) is 0 Å². The molecule has 134 valence electrons. The zero-order chi connectivity index (χ0) is 18.6. The highest BCUT2D eigenvalue weighted by Crippen LogP contribution is 2.32. The Morgan fingerprint density at radius 3 is 2.52 bits per heavy atom. The molecule has 0 radical (unpaired) electrons. The number of fused-ring (bicyclic) bond motifs is 1. The highest BCUT2D eigenvalue weighted by Gasteiger charge is 2.29. The molecule has 27 heavy (non-hydrogen) atoms. The van der Waals surface area contributed by atoms with Crippen molar-refractivity contribution in [2.45, 2.75) is 20.0 Å². The van der Waals surface area contributed by atoms with Crippen molar-refractivity contribution in [2.24, 2.45) is 5.92 Å². The fourth-order valence-electron chi connectivity index (χ4n) is 3.37. The van der Waals surface area contributed by atoms with E-state index in [1.165, 1.54) is 0 Å². The fourth-order valence-corrected chi connectivity index (χ4v) is 3.37. The van der Waals surface area contributed by atoms with E-state index in [1.807, 2.05) is 72.8 Å². The minimum Gasteiger partial charge on any atom is -0.487 e. The van der Waals surface area contributed by atoms with E-state index in [0.29, 0.717) is 17.9 Å². The molecular weight excluding hydrogens is 334 g/mol.